The second-order valence-corrected chi connectivity index (χ2v) is 2.03. The maximum Gasteiger partial charge on any atom is 0.673 e. The molecule has 0 saturated carbocycles. The van der Waals surface area contributed by atoms with Crippen molar-refractivity contribution in [2.75, 3.05) is 13.6 Å². The third-order valence-corrected chi connectivity index (χ3v) is 0.872. The lowest BCUT2D eigenvalue weighted by molar-refractivity contribution is -0.908. The Morgan fingerprint density at radius 3 is 1.91 bits per heavy atom. The third kappa shape index (κ3) is 12.5. The average Bonchev–Trinajstić information content (AvgIpc) is 2.12. The van der Waals surface area contributed by atoms with Crippen molar-refractivity contribution in [3.63, 3.8) is 0 Å². The molecule has 0 aromatic rings. The predicted molar refractivity (Wildman–Crippen MR) is 34.2 cm³/mol. The first-order chi connectivity index (χ1) is 4.89. The number of nitrogens with one attached hydrogen (secondary N) is 2. The number of halogens is 4. The molecule has 0 fully saturated rings. The van der Waals surface area contributed by atoms with Crippen LogP contribution in [0.4, 0.5) is 17.3 Å². The van der Waals surface area contributed by atoms with Gasteiger partial charge >= 0.3 is 7.25 Å². The molecule has 1 aliphatic heterocycles. The molecule has 0 aromatic heterocycles. The first-order valence-corrected chi connectivity index (χ1v) is 3.01. The number of hydrogen-bond donors (Lipinski definition) is 2. The van der Waals surface area contributed by atoms with Crippen molar-refractivity contribution in [2.45, 2.75) is 0 Å². The SMILES string of the molecule is C[NH+]1CC=CN1.F[B-](F)(F)F. The molecular formula is C4H9BF4N2. The monoisotopic (exact) mass is 172 g/mol. The van der Waals surface area contributed by atoms with E-state index < -0.39 is 7.25 Å². The zero-order chi connectivity index (χ0) is 8.91. The van der Waals surface area contributed by atoms with Gasteiger partial charge in [-0.05, 0) is 6.08 Å². The van der Waals surface area contributed by atoms with Gasteiger partial charge in [0.05, 0.1) is 13.2 Å². The molecule has 0 radical (unpaired) electrons. The lowest BCUT2D eigenvalue weighted by Gasteiger charge is -2.00. The standard InChI is InChI=1S/C4H8N2.BF4/c1-6-4-2-3-5-6;2-1(3,4)5/h2-3,5H,4H2,1H3;/q;-1/p+1. The van der Waals surface area contributed by atoms with E-state index in [1.54, 1.807) is 0 Å². The van der Waals surface area contributed by atoms with Crippen LogP contribution in [0.5, 0.6) is 0 Å². The zero-order valence-corrected chi connectivity index (χ0v) is 5.95. The van der Waals surface area contributed by atoms with Crippen LogP contribution >= 0.6 is 0 Å². The van der Waals surface area contributed by atoms with E-state index >= 15 is 0 Å². The number of hydrogen-bond acceptors (Lipinski definition) is 1. The lowest BCUT2D eigenvalue weighted by atomic mass is 10.3. The second-order valence-electron chi connectivity index (χ2n) is 2.03. The number of likely N-dealkylation sites (N-methyl/N-ethyl adjacent to an activating group) is 1. The van der Waals surface area contributed by atoms with Crippen molar-refractivity contribution >= 4 is 7.25 Å². The molecule has 1 unspecified atom stereocenters. The Morgan fingerprint density at radius 1 is 1.36 bits per heavy atom. The minimum Gasteiger partial charge on any atom is -0.418 e. The summed E-state index contributed by atoms with van der Waals surface area (Å²) in [5.41, 5.74) is 3.06. The molecular weight excluding hydrogens is 163 g/mol. The van der Waals surface area contributed by atoms with Gasteiger partial charge in [-0.15, -0.1) is 0 Å². The Kier molecular flexibility index (Phi) is 3.95. The highest BCUT2D eigenvalue weighted by Crippen LogP contribution is 2.06. The highest BCUT2D eigenvalue weighted by molar-refractivity contribution is 6.50. The molecule has 11 heavy (non-hydrogen) atoms. The summed E-state index contributed by atoms with van der Waals surface area (Å²) < 4.78 is 39.0. The fourth-order valence-electron chi connectivity index (χ4n) is 0.496. The van der Waals surface area contributed by atoms with Crippen LogP contribution in [0.15, 0.2) is 12.3 Å². The summed E-state index contributed by atoms with van der Waals surface area (Å²) in [6.45, 7) is 1.11. The second kappa shape index (κ2) is 4.22. The van der Waals surface area contributed by atoms with Crippen LogP contribution in [0.3, 0.4) is 0 Å². The van der Waals surface area contributed by atoms with E-state index in [-0.39, 0.29) is 0 Å². The quantitative estimate of drug-likeness (QED) is 0.383. The van der Waals surface area contributed by atoms with Gasteiger partial charge in [0.25, 0.3) is 0 Å². The molecule has 7 heteroatoms. The highest BCUT2D eigenvalue weighted by atomic mass is 19.5. The topological polar surface area (TPSA) is 16.5 Å². The van der Waals surface area contributed by atoms with Gasteiger partial charge in [-0.3, -0.25) is 0 Å². The van der Waals surface area contributed by atoms with E-state index in [0.717, 1.165) is 6.54 Å². The Balaban J connectivity index is 0.000000187. The van der Waals surface area contributed by atoms with Gasteiger partial charge in [0.1, 0.15) is 6.54 Å². The van der Waals surface area contributed by atoms with Crippen molar-refractivity contribution in [2.24, 2.45) is 0 Å². The molecule has 0 aliphatic carbocycles. The smallest absolute Gasteiger partial charge is 0.418 e. The summed E-state index contributed by atoms with van der Waals surface area (Å²) >= 11 is 0. The number of quaternary nitrogens is 1. The molecule has 2 nitrogen and oxygen atoms in total. The Labute approximate surface area is 61.9 Å². The molecule has 1 heterocycles. The molecule has 1 aliphatic rings. The lowest BCUT2D eigenvalue weighted by Crippen LogP contribution is -3.13. The van der Waals surface area contributed by atoms with Crippen molar-refractivity contribution in [1.29, 1.82) is 0 Å². The van der Waals surface area contributed by atoms with Gasteiger partial charge in [-0.1, -0.05) is 0 Å². The van der Waals surface area contributed by atoms with Gasteiger partial charge < -0.3 is 17.3 Å². The fourth-order valence-corrected chi connectivity index (χ4v) is 0.496. The van der Waals surface area contributed by atoms with Crippen LogP contribution in [0, 0.1) is 0 Å². The van der Waals surface area contributed by atoms with Crippen LogP contribution in [0.2, 0.25) is 0 Å². The first kappa shape index (κ1) is 10.3. The molecule has 0 spiro atoms. The summed E-state index contributed by atoms with van der Waals surface area (Å²) in [7, 11) is -3.92. The van der Waals surface area contributed by atoms with Crippen LogP contribution < -0.4 is 10.4 Å². The zero-order valence-electron chi connectivity index (χ0n) is 5.95. The Morgan fingerprint density at radius 2 is 1.82 bits per heavy atom. The van der Waals surface area contributed by atoms with Crippen molar-refractivity contribution in [3.8, 4) is 0 Å². The van der Waals surface area contributed by atoms with Crippen molar-refractivity contribution in [1.82, 2.24) is 5.43 Å². The fraction of sp³-hybridized carbons (Fsp3) is 0.500. The van der Waals surface area contributed by atoms with Crippen LogP contribution in [-0.4, -0.2) is 20.8 Å². The van der Waals surface area contributed by atoms with Crippen molar-refractivity contribution in [3.05, 3.63) is 12.3 Å². The molecule has 1 rings (SSSR count). The molecule has 66 valence electrons. The summed E-state index contributed by atoms with van der Waals surface area (Å²) in [6, 6.07) is 0. The minimum absolute atomic E-state index is 1.11. The molecule has 1 atom stereocenters. The van der Waals surface area contributed by atoms with Gasteiger partial charge in [0.2, 0.25) is 0 Å². The first-order valence-electron chi connectivity index (χ1n) is 3.01. The summed E-state index contributed by atoms with van der Waals surface area (Å²) in [5, 5.41) is 1.34. The van der Waals surface area contributed by atoms with E-state index in [9.17, 15) is 17.3 Å². The van der Waals surface area contributed by atoms with E-state index in [2.05, 4.69) is 18.5 Å². The van der Waals surface area contributed by atoms with E-state index in [4.69, 9.17) is 0 Å². The van der Waals surface area contributed by atoms with Gasteiger partial charge in [-0.25, -0.2) is 10.4 Å². The third-order valence-electron chi connectivity index (χ3n) is 0.872. The minimum atomic E-state index is -6.00. The normalized spacial score (nSPS) is 22.1. The molecule has 2 N–H and O–H groups in total. The molecule has 0 saturated heterocycles. The van der Waals surface area contributed by atoms with Crippen molar-refractivity contribution < 1.29 is 22.3 Å². The van der Waals surface area contributed by atoms with Crippen LogP contribution in [-0.2, 0) is 0 Å². The molecule has 0 bridgehead atoms. The van der Waals surface area contributed by atoms with Gasteiger partial charge in [0.15, 0.2) is 0 Å². The predicted octanol–water partition coefficient (Wildman–Crippen LogP) is -0.167. The highest BCUT2D eigenvalue weighted by Gasteiger charge is 2.20. The maximum atomic E-state index is 9.75. The van der Waals surface area contributed by atoms with E-state index in [1.807, 2.05) is 6.20 Å². The Hall–Kier alpha value is -0.715. The van der Waals surface area contributed by atoms with E-state index in [1.165, 1.54) is 5.01 Å². The van der Waals surface area contributed by atoms with Gasteiger partial charge in [-0.2, -0.15) is 0 Å². The average molecular weight is 172 g/mol. The summed E-state index contributed by atoms with van der Waals surface area (Å²) in [5.74, 6) is 0. The van der Waals surface area contributed by atoms with Crippen LogP contribution in [0.1, 0.15) is 0 Å². The molecule has 0 aromatic carbocycles. The largest absolute Gasteiger partial charge is 0.673 e. The number of rotatable bonds is 0. The van der Waals surface area contributed by atoms with Crippen LogP contribution in [0.25, 0.3) is 0 Å². The summed E-state index contributed by atoms with van der Waals surface area (Å²) in [4.78, 5) is 0. The maximum absolute atomic E-state index is 9.75. The van der Waals surface area contributed by atoms with E-state index in [0.29, 0.717) is 0 Å². The summed E-state index contributed by atoms with van der Waals surface area (Å²) in [6.07, 6.45) is 4.07. The Bertz CT molecular complexity index is 121. The molecule has 0 amide bonds. The van der Waals surface area contributed by atoms with Gasteiger partial charge in [0, 0.05) is 0 Å².